The fourth-order valence-electron chi connectivity index (χ4n) is 2.19. The van der Waals surface area contributed by atoms with E-state index < -0.39 is 23.1 Å². The van der Waals surface area contributed by atoms with Crippen LogP contribution in [0.1, 0.15) is 23.6 Å². The van der Waals surface area contributed by atoms with E-state index in [4.69, 9.17) is 5.11 Å². The van der Waals surface area contributed by atoms with E-state index in [1.54, 1.807) is 6.92 Å². The Labute approximate surface area is 96.1 Å². The monoisotopic (exact) mass is 244 g/mol. The third kappa shape index (κ3) is 2.01. The summed E-state index contributed by atoms with van der Waals surface area (Å²) >= 11 is 0. The van der Waals surface area contributed by atoms with E-state index in [1.165, 1.54) is 6.07 Å². The molecule has 0 fully saturated rings. The molecule has 2 nitrogen and oxygen atoms in total. The molecule has 1 aromatic carbocycles. The molecule has 2 rings (SSSR count). The summed E-state index contributed by atoms with van der Waals surface area (Å²) in [7, 11) is 0. The second-order valence-corrected chi connectivity index (χ2v) is 4.70. The number of hydrogen-bond donors (Lipinski definition) is 1. The number of alkyl halides is 3. The highest BCUT2D eigenvalue weighted by molar-refractivity contribution is 5.76. The first-order chi connectivity index (χ1) is 7.72. The molecule has 1 aromatic rings. The highest BCUT2D eigenvalue weighted by Crippen LogP contribution is 2.39. The molecule has 0 amide bonds. The Morgan fingerprint density at radius 3 is 2.41 bits per heavy atom. The molecule has 1 aliphatic rings. The molecular formula is C12H11F3O2. The number of benzene rings is 1. The van der Waals surface area contributed by atoms with Gasteiger partial charge in [0.1, 0.15) is 0 Å². The summed E-state index contributed by atoms with van der Waals surface area (Å²) in [5.74, 6) is -0.970. The first-order valence-electron chi connectivity index (χ1n) is 5.15. The molecule has 1 aliphatic carbocycles. The second-order valence-electron chi connectivity index (χ2n) is 4.70. The number of aliphatic carboxylic acids is 1. The molecular weight excluding hydrogens is 233 g/mol. The van der Waals surface area contributed by atoms with Gasteiger partial charge in [-0.2, -0.15) is 13.2 Å². The number of rotatable bonds is 1. The summed E-state index contributed by atoms with van der Waals surface area (Å²) < 4.78 is 37.5. The summed E-state index contributed by atoms with van der Waals surface area (Å²) in [5.41, 5.74) is -0.509. The molecule has 0 spiro atoms. The van der Waals surface area contributed by atoms with E-state index in [0.717, 1.165) is 12.1 Å². The van der Waals surface area contributed by atoms with Crippen LogP contribution in [0.5, 0.6) is 0 Å². The largest absolute Gasteiger partial charge is 0.481 e. The molecule has 17 heavy (non-hydrogen) atoms. The number of fused-ring (bicyclic) bond motifs is 1. The van der Waals surface area contributed by atoms with E-state index in [2.05, 4.69) is 0 Å². The highest BCUT2D eigenvalue weighted by atomic mass is 19.4. The van der Waals surface area contributed by atoms with Gasteiger partial charge in [-0.05, 0) is 43.0 Å². The van der Waals surface area contributed by atoms with Crippen molar-refractivity contribution in [2.75, 3.05) is 0 Å². The minimum Gasteiger partial charge on any atom is -0.481 e. The SMILES string of the molecule is CC1(C(=O)O)Cc2ccc(C(F)(F)F)cc2C1. The third-order valence-corrected chi connectivity index (χ3v) is 3.21. The van der Waals surface area contributed by atoms with E-state index in [-0.39, 0.29) is 12.8 Å². The number of carboxylic acid groups (broad SMARTS) is 1. The Kier molecular flexibility index (Phi) is 2.45. The van der Waals surface area contributed by atoms with E-state index in [0.29, 0.717) is 11.1 Å². The van der Waals surface area contributed by atoms with Crippen molar-refractivity contribution in [3.8, 4) is 0 Å². The lowest BCUT2D eigenvalue weighted by atomic mass is 9.87. The molecule has 0 saturated heterocycles. The Morgan fingerprint density at radius 1 is 1.29 bits per heavy atom. The normalized spacial score (nSPS) is 23.5. The number of carboxylic acids is 1. The zero-order chi connectivity index (χ0) is 12.8. The lowest BCUT2D eigenvalue weighted by Crippen LogP contribution is -2.27. The van der Waals surface area contributed by atoms with Crippen LogP contribution in [0.3, 0.4) is 0 Å². The molecule has 0 aromatic heterocycles. The summed E-state index contributed by atoms with van der Waals surface area (Å²) in [6.07, 6.45) is -3.94. The van der Waals surface area contributed by atoms with Crippen molar-refractivity contribution in [2.45, 2.75) is 25.9 Å². The smallest absolute Gasteiger partial charge is 0.416 e. The van der Waals surface area contributed by atoms with Crippen molar-refractivity contribution in [1.29, 1.82) is 0 Å². The number of carbonyl (C=O) groups is 1. The predicted molar refractivity (Wildman–Crippen MR) is 54.6 cm³/mol. The van der Waals surface area contributed by atoms with Gasteiger partial charge in [-0.3, -0.25) is 4.79 Å². The van der Waals surface area contributed by atoms with Crippen LogP contribution in [0.4, 0.5) is 13.2 Å². The van der Waals surface area contributed by atoms with Gasteiger partial charge in [0.25, 0.3) is 0 Å². The van der Waals surface area contributed by atoms with Crippen LogP contribution < -0.4 is 0 Å². The van der Waals surface area contributed by atoms with Gasteiger partial charge in [-0.1, -0.05) is 6.07 Å². The van der Waals surface area contributed by atoms with Gasteiger partial charge >= 0.3 is 12.1 Å². The second kappa shape index (κ2) is 3.48. The molecule has 0 saturated carbocycles. The summed E-state index contributed by atoms with van der Waals surface area (Å²) in [5, 5.41) is 9.05. The fraction of sp³-hybridized carbons (Fsp3) is 0.417. The van der Waals surface area contributed by atoms with Gasteiger partial charge < -0.3 is 5.11 Å². The Morgan fingerprint density at radius 2 is 1.88 bits per heavy atom. The molecule has 1 N–H and O–H groups in total. The van der Waals surface area contributed by atoms with Crippen molar-refractivity contribution >= 4 is 5.97 Å². The minimum atomic E-state index is -4.38. The average molecular weight is 244 g/mol. The number of hydrogen-bond acceptors (Lipinski definition) is 1. The van der Waals surface area contributed by atoms with Crippen LogP contribution in [0.25, 0.3) is 0 Å². The van der Waals surface area contributed by atoms with Crippen molar-refractivity contribution in [3.05, 3.63) is 34.9 Å². The van der Waals surface area contributed by atoms with Gasteiger partial charge in [-0.25, -0.2) is 0 Å². The van der Waals surface area contributed by atoms with Crippen molar-refractivity contribution < 1.29 is 23.1 Å². The topological polar surface area (TPSA) is 37.3 Å². The maximum atomic E-state index is 12.5. The van der Waals surface area contributed by atoms with Crippen LogP contribution >= 0.6 is 0 Å². The Balaban J connectivity index is 2.38. The van der Waals surface area contributed by atoms with Crippen LogP contribution in [0, 0.1) is 5.41 Å². The van der Waals surface area contributed by atoms with E-state index in [1.807, 2.05) is 0 Å². The predicted octanol–water partition coefficient (Wildman–Crippen LogP) is 2.89. The minimum absolute atomic E-state index is 0.154. The zero-order valence-corrected chi connectivity index (χ0v) is 9.14. The summed E-state index contributed by atoms with van der Waals surface area (Å²) in [6, 6.07) is 3.45. The highest BCUT2D eigenvalue weighted by Gasteiger charge is 2.41. The fourth-order valence-corrected chi connectivity index (χ4v) is 2.19. The zero-order valence-electron chi connectivity index (χ0n) is 9.14. The maximum Gasteiger partial charge on any atom is 0.416 e. The van der Waals surface area contributed by atoms with Gasteiger partial charge in [0.2, 0.25) is 0 Å². The van der Waals surface area contributed by atoms with Crippen LogP contribution in [0.15, 0.2) is 18.2 Å². The van der Waals surface area contributed by atoms with E-state index >= 15 is 0 Å². The van der Waals surface area contributed by atoms with E-state index in [9.17, 15) is 18.0 Å². The van der Waals surface area contributed by atoms with Crippen molar-refractivity contribution in [3.63, 3.8) is 0 Å². The van der Waals surface area contributed by atoms with Crippen molar-refractivity contribution in [1.82, 2.24) is 0 Å². The standard InChI is InChI=1S/C12H11F3O2/c1-11(10(16)17)5-7-2-3-9(12(13,14)15)4-8(7)6-11/h2-4H,5-6H2,1H3,(H,16,17). The van der Waals surface area contributed by atoms with Crippen LogP contribution in [0.2, 0.25) is 0 Å². The lowest BCUT2D eigenvalue weighted by molar-refractivity contribution is -0.147. The quantitative estimate of drug-likeness (QED) is 0.824. The molecule has 1 atom stereocenters. The first-order valence-corrected chi connectivity index (χ1v) is 5.15. The maximum absolute atomic E-state index is 12.5. The molecule has 0 radical (unpaired) electrons. The Hall–Kier alpha value is -1.52. The Bertz CT molecular complexity index is 479. The molecule has 5 heteroatoms. The molecule has 0 aliphatic heterocycles. The van der Waals surface area contributed by atoms with Crippen molar-refractivity contribution in [2.24, 2.45) is 5.41 Å². The molecule has 92 valence electrons. The van der Waals surface area contributed by atoms with Gasteiger partial charge in [0.05, 0.1) is 11.0 Å². The molecule has 0 heterocycles. The first kappa shape index (κ1) is 12.0. The molecule has 1 unspecified atom stereocenters. The van der Waals surface area contributed by atoms with Crippen LogP contribution in [-0.2, 0) is 23.8 Å². The number of halogens is 3. The van der Waals surface area contributed by atoms with Gasteiger partial charge in [0.15, 0.2) is 0 Å². The lowest BCUT2D eigenvalue weighted by Gasteiger charge is -2.16. The summed E-state index contributed by atoms with van der Waals surface area (Å²) in [6.45, 7) is 1.56. The summed E-state index contributed by atoms with van der Waals surface area (Å²) in [4.78, 5) is 11.1. The van der Waals surface area contributed by atoms with Crippen LogP contribution in [-0.4, -0.2) is 11.1 Å². The van der Waals surface area contributed by atoms with Gasteiger partial charge in [-0.15, -0.1) is 0 Å². The van der Waals surface area contributed by atoms with Gasteiger partial charge in [0, 0.05) is 0 Å². The molecule has 0 bridgehead atoms. The third-order valence-electron chi connectivity index (χ3n) is 3.21. The average Bonchev–Trinajstić information content (AvgIpc) is 2.52.